The number of thiophene rings is 1. The van der Waals surface area contributed by atoms with Gasteiger partial charge in [0.2, 0.25) is 0 Å². The highest BCUT2D eigenvalue weighted by molar-refractivity contribution is 7.10. The van der Waals surface area contributed by atoms with Gasteiger partial charge in [-0.05, 0) is 24.8 Å². The summed E-state index contributed by atoms with van der Waals surface area (Å²) in [5.74, 6) is 0.527. The molecule has 1 amide bonds. The summed E-state index contributed by atoms with van der Waals surface area (Å²) in [6.45, 7) is -0.168. The smallest absolute Gasteiger partial charge is 0.254 e. The summed E-state index contributed by atoms with van der Waals surface area (Å²) in [4.78, 5) is 15.0. The monoisotopic (exact) mass is 297 g/mol. The lowest BCUT2D eigenvalue weighted by atomic mass is 9.88. The molecule has 4 nitrogen and oxygen atoms in total. The molecule has 1 heterocycles. The Kier molecular flexibility index (Phi) is 5.57. The summed E-state index contributed by atoms with van der Waals surface area (Å²) >= 11 is 1.67. The van der Waals surface area contributed by atoms with Crippen molar-refractivity contribution < 1.29 is 15.0 Å². The Morgan fingerprint density at radius 3 is 2.80 bits per heavy atom. The molecule has 0 aromatic carbocycles. The van der Waals surface area contributed by atoms with E-state index >= 15 is 0 Å². The lowest BCUT2D eigenvalue weighted by Crippen LogP contribution is -2.35. The molecule has 1 aliphatic rings. The van der Waals surface area contributed by atoms with E-state index in [0.717, 1.165) is 0 Å². The van der Waals surface area contributed by atoms with Crippen LogP contribution in [-0.2, 0) is 0 Å². The van der Waals surface area contributed by atoms with Crippen LogP contribution in [0.25, 0.3) is 0 Å². The number of amides is 1. The molecule has 112 valence electrons. The van der Waals surface area contributed by atoms with Crippen molar-refractivity contribution >= 4 is 17.2 Å². The van der Waals surface area contributed by atoms with Gasteiger partial charge in [-0.1, -0.05) is 19.3 Å². The number of carbonyl (C=O) groups excluding carboxylic acids is 1. The number of aliphatic hydroxyl groups is 2. The van der Waals surface area contributed by atoms with Gasteiger partial charge in [0.25, 0.3) is 5.91 Å². The predicted molar refractivity (Wildman–Crippen MR) is 80.2 cm³/mol. The zero-order chi connectivity index (χ0) is 14.5. The van der Waals surface area contributed by atoms with Crippen LogP contribution in [0.2, 0.25) is 0 Å². The van der Waals surface area contributed by atoms with Gasteiger partial charge in [-0.3, -0.25) is 4.79 Å². The first-order chi connectivity index (χ1) is 9.61. The van der Waals surface area contributed by atoms with Crippen LogP contribution in [0, 0.1) is 0 Å². The molecule has 0 spiro atoms. The van der Waals surface area contributed by atoms with Crippen molar-refractivity contribution in [2.24, 2.45) is 0 Å². The molecule has 5 heteroatoms. The molecule has 0 saturated heterocycles. The quantitative estimate of drug-likeness (QED) is 0.876. The number of nitrogens with zero attached hydrogens (tertiary/aromatic N) is 1. The molecular weight excluding hydrogens is 274 g/mol. The third-order valence-electron chi connectivity index (χ3n) is 3.92. The standard InChI is InChI=1S/C15H23NO3S/c1-16(8-13(18)9-17)15(19)12-7-14(20-10-12)11-5-3-2-4-6-11/h7,10-11,13,17-18H,2-6,8-9H2,1H3/t13-/m0/s1. The SMILES string of the molecule is CN(C[C@H](O)CO)C(=O)c1csc(C2CCCCC2)c1. The second-order valence-electron chi connectivity index (χ2n) is 5.59. The van der Waals surface area contributed by atoms with Crippen LogP contribution < -0.4 is 0 Å². The lowest BCUT2D eigenvalue weighted by molar-refractivity contribution is 0.0520. The molecule has 0 aliphatic heterocycles. The van der Waals surface area contributed by atoms with Gasteiger partial charge in [0, 0.05) is 23.8 Å². The molecular formula is C15H23NO3S. The van der Waals surface area contributed by atoms with E-state index in [1.54, 1.807) is 18.4 Å². The molecule has 0 unspecified atom stereocenters. The van der Waals surface area contributed by atoms with E-state index in [9.17, 15) is 9.90 Å². The maximum atomic E-state index is 12.2. The Morgan fingerprint density at radius 2 is 2.15 bits per heavy atom. The van der Waals surface area contributed by atoms with Gasteiger partial charge in [-0.25, -0.2) is 0 Å². The fraction of sp³-hybridized carbons (Fsp3) is 0.667. The number of likely N-dealkylation sites (N-methyl/N-ethyl adjacent to an activating group) is 1. The Balaban J connectivity index is 1.98. The normalized spacial score (nSPS) is 17.9. The average Bonchev–Trinajstić information content (AvgIpc) is 2.97. The van der Waals surface area contributed by atoms with Gasteiger partial charge in [0.1, 0.15) is 0 Å². The van der Waals surface area contributed by atoms with E-state index in [1.165, 1.54) is 41.9 Å². The van der Waals surface area contributed by atoms with Crippen LogP contribution in [0.15, 0.2) is 11.4 Å². The summed E-state index contributed by atoms with van der Waals surface area (Å²) < 4.78 is 0. The largest absolute Gasteiger partial charge is 0.394 e. The van der Waals surface area contributed by atoms with E-state index in [0.29, 0.717) is 11.5 Å². The van der Waals surface area contributed by atoms with Gasteiger partial charge >= 0.3 is 0 Å². The van der Waals surface area contributed by atoms with E-state index < -0.39 is 6.10 Å². The minimum atomic E-state index is -0.875. The molecule has 1 aromatic heterocycles. The van der Waals surface area contributed by atoms with Crippen LogP contribution in [0.5, 0.6) is 0 Å². The molecule has 1 saturated carbocycles. The Labute approximate surface area is 124 Å². The lowest BCUT2D eigenvalue weighted by Gasteiger charge is -2.20. The van der Waals surface area contributed by atoms with E-state index in [2.05, 4.69) is 0 Å². The maximum Gasteiger partial charge on any atom is 0.254 e. The Morgan fingerprint density at radius 1 is 1.45 bits per heavy atom. The molecule has 2 rings (SSSR count). The van der Waals surface area contributed by atoms with Crippen LogP contribution in [-0.4, -0.2) is 47.3 Å². The molecule has 2 N–H and O–H groups in total. The number of hydrogen-bond acceptors (Lipinski definition) is 4. The minimum absolute atomic E-state index is 0.0872. The fourth-order valence-electron chi connectivity index (χ4n) is 2.74. The van der Waals surface area contributed by atoms with Crippen LogP contribution in [0.3, 0.4) is 0 Å². The highest BCUT2D eigenvalue weighted by atomic mass is 32.1. The number of carbonyl (C=O) groups is 1. The molecule has 0 radical (unpaired) electrons. The van der Waals surface area contributed by atoms with E-state index in [4.69, 9.17) is 5.11 Å². The van der Waals surface area contributed by atoms with Gasteiger partial charge in [-0.15, -0.1) is 11.3 Å². The van der Waals surface area contributed by atoms with E-state index in [-0.39, 0.29) is 19.1 Å². The summed E-state index contributed by atoms with van der Waals surface area (Å²) in [6.07, 6.45) is 5.49. The molecule has 1 aromatic rings. The zero-order valence-electron chi connectivity index (χ0n) is 11.9. The predicted octanol–water partition coefficient (Wildman–Crippen LogP) is 2.22. The zero-order valence-corrected chi connectivity index (χ0v) is 12.7. The second kappa shape index (κ2) is 7.20. The topological polar surface area (TPSA) is 60.8 Å². The molecule has 1 fully saturated rings. The first-order valence-electron chi connectivity index (χ1n) is 7.24. The first-order valence-corrected chi connectivity index (χ1v) is 8.12. The third kappa shape index (κ3) is 3.81. The molecule has 0 bridgehead atoms. The average molecular weight is 297 g/mol. The Hall–Kier alpha value is -0.910. The van der Waals surface area contributed by atoms with Crippen molar-refractivity contribution in [3.8, 4) is 0 Å². The van der Waals surface area contributed by atoms with Gasteiger partial charge in [-0.2, -0.15) is 0 Å². The second-order valence-corrected chi connectivity index (χ2v) is 6.54. The summed E-state index contributed by atoms with van der Waals surface area (Å²) in [6, 6.07) is 2.00. The fourth-order valence-corrected chi connectivity index (χ4v) is 3.80. The summed E-state index contributed by atoms with van der Waals surface area (Å²) in [5.41, 5.74) is 0.697. The summed E-state index contributed by atoms with van der Waals surface area (Å²) in [7, 11) is 1.65. The van der Waals surface area contributed by atoms with Crippen molar-refractivity contribution in [2.75, 3.05) is 20.2 Å². The third-order valence-corrected chi connectivity index (χ3v) is 5.01. The van der Waals surface area contributed by atoms with E-state index in [1.807, 2.05) is 11.4 Å². The highest BCUT2D eigenvalue weighted by Crippen LogP contribution is 2.36. The van der Waals surface area contributed by atoms with Crippen LogP contribution in [0.1, 0.15) is 53.3 Å². The molecule has 1 aliphatic carbocycles. The van der Waals surface area contributed by atoms with Crippen molar-refractivity contribution in [2.45, 2.75) is 44.1 Å². The van der Waals surface area contributed by atoms with Gasteiger partial charge in [0.05, 0.1) is 18.3 Å². The van der Waals surface area contributed by atoms with Crippen molar-refractivity contribution in [3.05, 3.63) is 21.9 Å². The highest BCUT2D eigenvalue weighted by Gasteiger charge is 2.21. The van der Waals surface area contributed by atoms with Crippen LogP contribution in [0.4, 0.5) is 0 Å². The Bertz CT molecular complexity index is 440. The minimum Gasteiger partial charge on any atom is -0.394 e. The first kappa shape index (κ1) is 15.5. The molecule has 1 atom stereocenters. The molecule has 20 heavy (non-hydrogen) atoms. The van der Waals surface area contributed by atoms with Crippen molar-refractivity contribution in [1.82, 2.24) is 4.90 Å². The maximum absolute atomic E-state index is 12.2. The van der Waals surface area contributed by atoms with Gasteiger partial charge < -0.3 is 15.1 Å². The van der Waals surface area contributed by atoms with Crippen molar-refractivity contribution in [1.29, 1.82) is 0 Å². The van der Waals surface area contributed by atoms with Crippen LogP contribution >= 0.6 is 11.3 Å². The van der Waals surface area contributed by atoms with Crippen molar-refractivity contribution in [3.63, 3.8) is 0 Å². The number of aliphatic hydroxyl groups excluding tert-OH is 2. The van der Waals surface area contributed by atoms with Gasteiger partial charge in [0.15, 0.2) is 0 Å². The number of rotatable bonds is 5. The summed E-state index contributed by atoms with van der Waals surface area (Å²) in [5, 5.41) is 20.1. The number of hydrogen-bond donors (Lipinski definition) is 2.